The van der Waals surface area contributed by atoms with Crippen molar-refractivity contribution in [2.75, 3.05) is 5.32 Å². The van der Waals surface area contributed by atoms with Gasteiger partial charge in [-0.2, -0.15) is 9.78 Å². The first-order valence-electron chi connectivity index (χ1n) is 11.6. The van der Waals surface area contributed by atoms with Crippen LogP contribution in [0.3, 0.4) is 0 Å². The molecule has 2 heterocycles. The Balaban J connectivity index is 1.55. The van der Waals surface area contributed by atoms with E-state index < -0.39 is 29.6 Å². The van der Waals surface area contributed by atoms with Crippen LogP contribution < -0.4 is 10.6 Å². The Morgan fingerprint density at radius 1 is 1.15 bits per heavy atom. The molecule has 4 rings (SSSR count). The number of nitrogens with one attached hydrogen (secondary N) is 2. The first-order valence-corrected chi connectivity index (χ1v) is 12.0. The van der Waals surface area contributed by atoms with Crippen LogP contribution in [0.4, 0.5) is 10.1 Å². The van der Waals surface area contributed by atoms with E-state index in [9.17, 15) is 18.8 Å². The molecule has 0 radical (unpaired) electrons. The maximum Gasteiger partial charge on any atom is 0.335 e. The number of hydrogen-bond donors (Lipinski definition) is 3. The van der Waals surface area contributed by atoms with Crippen molar-refractivity contribution in [3.63, 3.8) is 0 Å². The zero-order valence-corrected chi connectivity index (χ0v) is 21.2. The molecule has 1 atom stereocenters. The number of amides is 2. The van der Waals surface area contributed by atoms with E-state index in [0.717, 1.165) is 6.08 Å². The minimum absolute atomic E-state index is 0.0360. The fourth-order valence-electron chi connectivity index (χ4n) is 3.60. The summed E-state index contributed by atoms with van der Waals surface area (Å²) in [4.78, 5) is 37.1. The first kappa shape index (κ1) is 27.1. The van der Waals surface area contributed by atoms with Crippen molar-refractivity contribution >= 4 is 41.1 Å². The number of rotatable bonds is 10. The van der Waals surface area contributed by atoms with E-state index in [1.807, 2.05) is 6.92 Å². The minimum atomic E-state index is -1.10. The van der Waals surface area contributed by atoms with Gasteiger partial charge in [-0.15, -0.1) is 5.10 Å². The van der Waals surface area contributed by atoms with Crippen molar-refractivity contribution in [3.05, 3.63) is 88.7 Å². The van der Waals surface area contributed by atoms with Crippen LogP contribution in [-0.2, 0) is 22.6 Å². The number of anilines is 1. The van der Waals surface area contributed by atoms with Crippen LogP contribution >= 0.6 is 11.6 Å². The molecule has 3 N–H and O–H groups in total. The second kappa shape index (κ2) is 12.1. The molecule has 0 spiro atoms. The fraction of sp³-hybridized carbons (Fsp3) is 0.160. The number of hydrogen-bond acceptors (Lipinski definition) is 7. The third kappa shape index (κ3) is 6.70. The summed E-state index contributed by atoms with van der Waals surface area (Å²) in [5.74, 6) is -3.13. The first-order chi connectivity index (χ1) is 18.7. The molecule has 0 bridgehead atoms. The van der Waals surface area contributed by atoms with Gasteiger partial charge in [0.2, 0.25) is 11.8 Å². The Bertz CT molecular complexity index is 1520. The van der Waals surface area contributed by atoms with Crippen LogP contribution in [0.5, 0.6) is 0 Å². The van der Waals surface area contributed by atoms with Crippen LogP contribution in [0.1, 0.15) is 28.5 Å². The predicted molar refractivity (Wildman–Crippen MR) is 139 cm³/mol. The van der Waals surface area contributed by atoms with Gasteiger partial charge < -0.3 is 15.7 Å². The monoisotopic (exact) mass is 552 g/mol. The highest BCUT2D eigenvalue weighted by Crippen LogP contribution is 2.25. The van der Waals surface area contributed by atoms with Crippen molar-refractivity contribution in [1.82, 2.24) is 35.3 Å². The molecular formula is C25H22ClFN8O4. The van der Waals surface area contributed by atoms with Gasteiger partial charge in [0.15, 0.2) is 5.82 Å². The molecule has 1 unspecified atom stereocenters. The third-order valence-electron chi connectivity index (χ3n) is 5.57. The van der Waals surface area contributed by atoms with Gasteiger partial charge in [-0.1, -0.05) is 11.6 Å². The Kier molecular flexibility index (Phi) is 8.41. The van der Waals surface area contributed by atoms with Crippen molar-refractivity contribution in [2.45, 2.75) is 25.9 Å². The van der Waals surface area contributed by atoms with Gasteiger partial charge in [0.1, 0.15) is 12.4 Å². The summed E-state index contributed by atoms with van der Waals surface area (Å²) in [7, 11) is 0. The van der Waals surface area contributed by atoms with E-state index in [4.69, 9.17) is 16.7 Å². The molecular weight excluding hydrogens is 531 g/mol. The molecule has 0 fully saturated rings. The Hall–Kier alpha value is -4.91. The summed E-state index contributed by atoms with van der Waals surface area (Å²) < 4.78 is 17.7. The molecule has 2 aromatic carbocycles. The maximum absolute atomic E-state index is 14.8. The standard InChI is InChI=1S/C25H22ClFN8O4/c1-2-34-12-11-17(31-34)13-20(24(37)29-16-5-3-15(4-6-16)25(38)39)30-22(36)10-7-18-21(35-14-28-32-33-35)9-8-19(26)23(18)27/h3-12,14,20H,2,13H2,1H3,(H,29,37)(H,30,36)(H,38,39). The fourth-order valence-corrected chi connectivity index (χ4v) is 3.76. The molecule has 2 aromatic heterocycles. The average Bonchev–Trinajstić information content (AvgIpc) is 3.62. The topological polar surface area (TPSA) is 157 Å². The van der Waals surface area contributed by atoms with Gasteiger partial charge in [-0.3, -0.25) is 14.3 Å². The minimum Gasteiger partial charge on any atom is -0.478 e. The quantitative estimate of drug-likeness (QED) is 0.253. The predicted octanol–water partition coefficient (Wildman–Crippen LogP) is 2.75. The highest BCUT2D eigenvalue weighted by molar-refractivity contribution is 6.31. The number of carboxylic acids is 1. The van der Waals surface area contributed by atoms with Crippen molar-refractivity contribution in [3.8, 4) is 5.69 Å². The van der Waals surface area contributed by atoms with Gasteiger partial charge in [0, 0.05) is 36.5 Å². The lowest BCUT2D eigenvalue weighted by atomic mass is 10.1. The largest absolute Gasteiger partial charge is 0.478 e. The second-order valence-corrected chi connectivity index (χ2v) is 8.59. The molecule has 2 amide bonds. The SMILES string of the molecule is CCn1ccc(CC(NC(=O)C=Cc2c(-n3cnnn3)ccc(Cl)c2F)C(=O)Nc2ccc(C(=O)O)cc2)n1. The van der Waals surface area contributed by atoms with Crippen LogP contribution in [0, 0.1) is 5.82 Å². The molecule has 14 heteroatoms. The molecule has 0 aliphatic rings. The summed E-state index contributed by atoms with van der Waals surface area (Å²) in [5.41, 5.74) is 1.17. The smallest absolute Gasteiger partial charge is 0.335 e. The Morgan fingerprint density at radius 3 is 2.56 bits per heavy atom. The van der Waals surface area contributed by atoms with E-state index in [0.29, 0.717) is 17.9 Å². The number of aromatic nitrogens is 6. The lowest BCUT2D eigenvalue weighted by Crippen LogP contribution is -2.44. The van der Waals surface area contributed by atoms with Crippen LogP contribution in [0.25, 0.3) is 11.8 Å². The van der Waals surface area contributed by atoms with E-state index in [2.05, 4.69) is 31.3 Å². The summed E-state index contributed by atoms with van der Waals surface area (Å²) >= 11 is 5.93. The number of halogens is 2. The zero-order valence-electron chi connectivity index (χ0n) is 20.5. The molecule has 0 saturated heterocycles. The van der Waals surface area contributed by atoms with Gasteiger partial charge >= 0.3 is 5.97 Å². The molecule has 0 aliphatic carbocycles. The van der Waals surface area contributed by atoms with Gasteiger partial charge in [-0.25, -0.2) is 9.18 Å². The van der Waals surface area contributed by atoms with Crippen molar-refractivity contribution in [2.24, 2.45) is 0 Å². The lowest BCUT2D eigenvalue weighted by Gasteiger charge is -2.17. The highest BCUT2D eigenvalue weighted by Gasteiger charge is 2.22. The van der Waals surface area contributed by atoms with E-state index in [1.165, 1.54) is 53.5 Å². The van der Waals surface area contributed by atoms with E-state index >= 15 is 0 Å². The number of aryl methyl sites for hydroxylation is 1. The Labute approximate surface area is 226 Å². The molecule has 0 saturated carbocycles. The summed E-state index contributed by atoms with van der Waals surface area (Å²) in [6.45, 7) is 2.53. The van der Waals surface area contributed by atoms with Crippen LogP contribution in [0.15, 0.2) is 61.1 Å². The lowest BCUT2D eigenvalue weighted by molar-refractivity contribution is -0.123. The summed E-state index contributed by atoms with van der Waals surface area (Å²) in [5, 5.41) is 29.4. The molecule has 200 valence electrons. The molecule has 39 heavy (non-hydrogen) atoms. The second-order valence-electron chi connectivity index (χ2n) is 8.18. The van der Waals surface area contributed by atoms with Crippen molar-refractivity contribution < 1.29 is 23.9 Å². The number of tetrazole rings is 1. The summed E-state index contributed by atoms with van der Waals surface area (Å²) in [6, 6.07) is 9.07. The van der Waals surface area contributed by atoms with Gasteiger partial charge in [0.25, 0.3) is 0 Å². The molecule has 4 aromatic rings. The number of nitrogens with zero attached hydrogens (tertiary/aromatic N) is 6. The van der Waals surface area contributed by atoms with Crippen LogP contribution in [0.2, 0.25) is 5.02 Å². The molecule has 12 nitrogen and oxygen atoms in total. The third-order valence-corrected chi connectivity index (χ3v) is 5.86. The number of carbonyl (C=O) groups is 3. The number of aromatic carboxylic acids is 1. The summed E-state index contributed by atoms with van der Waals surface area (Å²) in [6.07, 6.45) is 5.35. The average molecular weight is 553 g/mol. The zero-order chi connectivity index (χ0) is 27.9. The highest BCUT2D eigenvalue weighted by atomic mass is 35.5. The van der Waals surface area contributed by atoms with Gasteiger partial charge in [0.05, 0.1) is 22.0 Å². The van der Waals surface area contributed by atoms with Crippen LogP contribution in [-0.4, -0.2) is 58.9 Å². The maximum atomic E-state index is 14.8. The van der Waals surface area contributed by atoms with Crippen molar-refractivity contribution in [1.29, 1.82) is 0 Å². The number of carboxylic acid groups (broad SMARTS) is 1. The molecule has 0 aliphatic heterocycles. The normalized spacial score (nSPS) is 11.9. The Morgan fingerprint density at radius 2 is 1.92 bits per heavy atom. The van der Waals surface area contributed by atoms with E-state index in [1.54, 1.807) is 16.9 Å². The number of benzene rings is 2. The van der Waals surface area contributed by atoms with E-state index in [-0.39, 0.29) is 28.3 Å². The van der Waals surface area contributed by atoms with Gasteiger partial charge in [-0.05, 0) is 65.9 Å². The number of carbonyl (C=O) groups excluding carboxylic acids is 2.